The van der Waals surface area contributed by atoms with Gasteiger partial charge in [-0.1, -0.05) is 23.3 Å². The predicted molar refractivity (Wildman–Crippen MR) is 121 cm³/mol. The van der Waals surface area contributed by atoms with Crippen molar-refractivity contribution in [1.82, 2.24) is 0 Å². The van der Waals surface area contributed by atoms with Crippen molar-refractivity contribution in [3.63, 3.8) is 0 Å². The third kappa shape index (κ3) is 4.43. The van der Waals surface area contributed by atoms with Gasteiger partial charge in [-0.15, -0.1) is 0 Å². The Balaban J connectivity index is 2.25. The van der Waals surface area contributed by atoms with E-state index in [4.69, 9.17) is 4.42 Å². The summed E-state index contributed by atoms with van der Waals surface area (Å²) >= 11 is 0. The first-order chi connectivity index (χ1) is 14.6. The van der Waals surface area contributed by atoms with Gasteiger partial charge in [0.15, 0.2) is 0 Å². The van der Waals surface area contributed by atoms with Crippen LogP contribution in [0.2, 0.25) is 0 Å². The van der Waals surface area contributed by atoms with Gasteiger partial charge in [0.2, 0.25) is 5.43 Å². The van der Waals surface area contributed by atoms with Crippen molar-refractivity contribution in [1.29, 1.82) is 0 Å². The molecule has 0 saturated heterocycles. The number of allylic oxidation sites excluding steroid dienone is 4. The summed E-state index contributed by atoms with van der Waals surface area (Å²) in [6.07, 6.45) is 5.74. The van der Waals surface area contributed by atoms with Crippen molar-refractivity contribution in [2.75, 3.05) is 0 Å². The second-order valence-electron chi connectivity index (χ2n) is 8.05. The summed E-state index contributed by atoms with van der Waals surface area (Å²) in [5, 5.41) is 41.1. The van der Waals surface area contributed by atoms with Gasteiger partial charge in [0.05, 0.1) is 5.56 Å². The topological polar surface area (TPSA) is 111 Å². The third-order valence-electron chi connectivity index (χ3n) is 5.04. The minimum Gasteiger partial charge on any atom is -0.508 e. The van der Waals surface area contributed by atoms with Crippen LogP contribution in [0.3, 0.4) is 0 Å². The first kappa shape index (κ1) is 22.0. The van der Waals surface area contributed by atoms with Crippen molar-refractivity contribution in [3.8, 4) is 34.1 Å². The number of fused-ring (bicyclic) bond motifs is 1. The SMILES string of the molecule is CC(C)=CCc1cc(-c2coc3c(CC=C(C)C)c(O)cc(O)c3c2=O)c(O)cc1O. The second-order valence-corrected chi connectivity index (χ2v) is 8.05. The van der Waals surface area contributed by atoms with Gasteiger partial charge in [-0.2, -0.15) is 0 Å². The molecule has 1 aromatic heterocycles. The lowest BCUT2D eigenvalue weighted by Crippen LogP contribution is -2.07. The lowest BCUT2D eigenvalue weighted by atomic mass is 9.97. The Hall–Kier alpha value is -3.67. The minimum absolute atomic E-state index is 0.0394. The Labute approximate surface area is 180 Å². The number of phenols is 4. The molecule has 6 heteroatoms. The Kier molecular flexibility index (Phi) is 6.11. The molecule has 3 rings (SSSR count). The average molecular weight is 422 g/mol. The molecule has 0 aliphatic carbocycles. The quantitative estimate of drug-likeness (QED) is 0.415. The highest BCUT2D eigenvalue weighted by molar-refractivity contribution is 5.91. The Morgan fingerprint density at radius 1 is 0.806 bits per heavy atom. The van der Waals surface area contributed by atoms with E-state index in [1.54, 1.807) is 0 Å². The smallest absolute Gasteiger partial charge is 0.204 e. The summed E-state index contributed by atoms with van der Waals surface area (Å²) in [5.74, 6) is -0.948. The molecule has 0 unspecified atom stereocenters. The maximum atomic E-state index is 13.3. The van der Waals surface area contributed by atoms with E-state index in [-0.39, 0.29) is 39.3 Å². The van der Waals surface area contributed by atoms with Crippen LogP contribution in [-0.2, 0) is 12.8 Å². The molecule has 31 heavy (non-hydrogen) atoms. The molecule has 162 valence electrons. The van der Waals surface area contributed by atoms with Crippen molar-refractivity contribution in [3.05, 3.63) is 69.1 Å². The van der Waals surface area contributed by atoms with Gasteiger partial charge in [0, 0.05) is 23.3 Å². The van der Waals surface area contributed by atoms with Crippen LogP contribution in [0.25, 0.3) is 22.1 Å². The van der Waals surface area contributed by atoms with Crippen LogP contribution < -0.4 is 5.43 Å². The van der Waals surface area contributed by atoms with E-state index in [2.05, 4.69) is 0 Å². The van der Waals surface area contributed by atoms with Gasteiger partial charge in [0.25, 0.3) is 0 Å². The molecule has 4 N–H and O–H groups in total. The normalized spacial score (nSPS) is 10.8. The zero-order chi connectivity index (χ0) is 22.9. The Morgan fingerprint density at radius 3 is 2.06 bits per heavy atom. The highest BCUT2D eigenvalue weighted by atomic mass is 16.3. The standard InChI is InChI=1S/C25H26O6/c1-13(2)5-7-15-9-17(21(28)10-19(15)26)18-12-31-25-16(8-6-14(3)4)20(27)11-22(29)23(25)24(18)30/h5-6,9-12,26-29H,7-8H2,1-4H3. The molecule has 0 fully saturated rings. The maximum absolute atomic E-state index is 13.3. The molecule has 0 radical (unpaired) electrons. The van der Waals surface area contributed by atoms with Crippen molar-refractivity contribution < 1.29 is 24.8 Å². The van der Waals surface area contributed by atoms with E-state index in [0.717, 1.165) is 17.2 Å². The lowest BCUT2D eigenvalue weighted by Gasteiger charge is -2.12. The van der Waals surface area contributed by atoms with Gasteiger partial charge in [-0.05, 0) is 52.2 Å². The monoisotopic (exact) mass is 422 g/mol. The van der Waals surface area contributed by atoms with Crippen LogP contribution in [0.5, 0.6) is 23.0 Å². The molecule has 0 saturated carbocycles. The Bertz CT molecular complexity index is 1270. The average Bonchev–Trinajstić information content (AvgIpc) is 2.67. The number of benzene rings is 2. The number of aromatic hydroxyl groups is 4. The van der Waals surface area contributed by atoms with E-state index in [9.17, 15) is 25.2 Å². The third-order valence-corrected chi connectivity index (χ3v) is 5.04. The summed E-state index contributed by atoms with van der Waals surface area (Å²) < 4.78 is 5.69. The summed E-state index contributed by atoms with van der Waals surface area (Å²) in [7, 11) is 0. The molecule has 6 nitrogen and oxygen atoms in total. The van der Waals surface area contributed by atoms with E-state index >= 15 is 0 Å². The largest absolute Gasteiger partial charge is 0.508 e. The number of phenolic OH excluding ortho intramolecular Hbond substituents is 4. The summed E-state index contributed by atoms with van der Waals surface area (Å²) in [6.45, 7) is 7.69. The zero-order valence-electron chi connectivity index (χ0n) is 18.0. The molecular formula is C25H26O6. The summed E-state index contributed by atoms with van der Waals surface area (Å²) in [4.78, 5) is 13.3. The highest BCUT2D eigenvalue weighted by Gasteiger charge is 2.21. The fraction of sp³-hybridized carbons (Fsp3) is 0.240. The van der Waals surface area contributed by atoms with E-state index < -0.39 is 11.2 Å². The molecule has 0 amide bonds. The molecule has 3 aromatic rings. The van der Waals surface area contributed by atoms with Crippen LogP contribution in [0.4, 0.5) is 0 Å². The zero-order valence-corrected chi connectivity index (χ0v) is 18.0. The molecule has 0 atom stereocenters. The van der Waals surface area contributed by atoms with E-state index in [1.165, 1.54) is 18.4 Å². The maximum Gasteiger partial charge on any atom is 0.204 e. The number of rotatable bonds is 5. The summed E-state index contributed by atoms with van der Waals surface area (Å²) in [5.41, 5.74) is 2.77. The van der Waals surface area contributed by atoms with Gasteiger partial charge in [-0.3, -0.25) is 4.79 Å². The van der Waals surface area contributed by atoms with E-state index in [1.807, 2.05) is 39.8 Å². The van der Waals surface area contributed by atoms with Crippen molar-refractivity contribution >= 4 is 11.0 Å². The number of hydrogen-bond acceptors (Lipinski definition) is 6. The van der Waals surface area contributed by atoms with Crippen LogP contribution in [-0.4, -0.2) is 20.4 Å². The van der Waals surface area contributed by atoms with Gasteiger partial charge >= 0.3 is 0 Å². The predicted octanol–water partition coefficient (Wildman–Crippen LogP) is 5.30. The molecule has 0 spiro atoms. The molecule has 0 aliphatic rings. The fourth-order valence-corrected chi connectivity index (χ4v) is 3.33. The minimum atomic E-state index is -0.550. The summed E-state index contributed by atoms with van der Waals surface area (Å²) in [6, 6.07) is 3.84. The molecule has 0 aliphatic heterocycles. The molecule has 2 aromatic carbocycles. The highest BCUT2D eigenvalue weighted by Crippen LogP contribution is 2.38. The van der Waals surface area contributed by atoms with Crippen molar-refractivity contribution in [2.24, 2.45) is 0 Å². The van der Waals surface area contributed by atoms with Gasteiger partial charge in [-0.25, -0.2) is 0 Å². The van der Waals surface area contributed by atoms with Crippen LogP contribution >= 0.6 is 0 Å². The van der Waals surface area contributed by atoms with Crippen LogP contribution in [0.1, 0.15) is 38.8 Å². The van der Waals surface area contributed by atoms with Gasteiger partial charge in [0.1, 0.15) is 40.2 Å². The van der Waals surface area contributed by atoms with Crippen LogP contribution in [0.15, 0.2) is 57.0 Å². The number of hydrogen-bond donors (Lipinski definition) is 4. The lowest BCUT2D eigenvalue weighted by molar-refractivity contribution is 0.445. The molecule has 1 heterocycles. The first-order valence-electron chi connectivity index (χ1n) is 9.91. The molecule has 0 bridgehead atoms. The Morgan fingerprint density at radius 2 is 1.42 bits per heavy atom. The second kappa shape index (κ2) is 8.60. The first-order valence-corrected chi connectivity index (χ1v) is 9.91. The van der Waals surface area contributed by atoms with Gasteiger partial charge < -0.3 is 24.8 Å². The van der Waals surface area contributed by atoms with Crippen LogP contribution in [0, 0.1) is 0 Å². The van der Waals surface area contributed by atoms with Crippen molar-refractivity contribution in [2.45, 2.75) is 40.5 Å². The molecular weight excluding hydrogens is 396 g/mol. The van der Waals surface area contributed by atoms with E-state index in [0.29, 0.717) is 24.0 Å². The fourth-order valence-electron chi connectivity index (χ4n) is 3.33.